The van der Waals surface area contributed by atoms with Crippen LogP contribution in [0.1, 0.15) is 47.0 Å². The van der Waals surface area contributed by atoms with E-state index in [1.54, 1.807) is 12.3 Å². The molecule has 1 aromatic heterocycles. The number of nitrogens with zero attached hydrogens (tertiary/aromatic N) is 2. The zero-order valence-electron chi connectivity index (χ0n) is 13.7. The molecule has 23 heavy (non-hydrogen) atoms. The molecular weight excluding hydrogens is 294 g/mol. The van der Waals surface area contributed by atoms with Crippen molar-refractivity contribution in [3.05, 3.63) is 23.5 Å². The number of aromatic nitrogens is 1. The van der Waals surface area contributed by atoms with E-state index in [0.717, 1.165) is 45.4 Å². The fraction of sp³-hybridized carbons (Fsp3) is 0.647. The highest BCUT2D eigenvalue weighted by Gasteiger charge is 2.24. The highest BCUT2D eigenvalue weighted by atomic mass is 16.5. The van der Waals surface area contributed by atoms with Crippen LogP contribution in [-0.2, 0) is 4.74 Å². The number of nitrogens with one attached hydrogen (secondary N) is 1. The molecule has 0 aromatic carbocycles. The van der Waals surface area contributed by atoms with Gasteiger partial charge in [-0.2, -0.15) is 0 Å². The summed E-state index contributed by atoms with van der Waals surface area (Å²) >= 11 is 0. The van der Waals surface area contributed by atoms with Crippen LogP contribution in [0.5, 0.6) is 0 Å². The lowest BCUT2D eigenvalue weighted by Gasteiger charge is -2.31. The minimum atomic E-state index is -0.000954. The number of carbonyl (C=O) groups is 2. The maximum absolute atomic E-state index is 12.4. The molecule has 1 unspecified atom stereocenters. The van der Waals surface area contributed by atoms with Crippen LogP contribution in [-0.4, -0.2) is 71.9 Å². The monoisotopic (exact) mass is 319 g/mol. The van der Waals surface area contributed by atoms with Crippen LogP contribution in [0.25, 0.3) is 0 Å². The van der Waals surface area contributed by atoms with Crippen molar-refractivity contribution < 1.29 is 14.3 Å². The Balaban J connectivity index is 1.58. The summed E-state index contributed by atoms with van der Waals surface area (Å²) in [7, 11) is 0. The maximum Gasteiger partial charge on any atom is 0.270 e. The van der Waals surface area contributed by atoms with Crippen molar-refractivity contribution in [3.63, 3.8) is 0 Å². The van der Waals surface area contributed by atoms with Crippen molar-refractivity contribution in [2.24, 2.45) is 0 Å². The van der Waals surface area contributed by atoms with Gasteiger partial charge in [0.15, 0.2) is 5.78 Å². The summed E-state index contributed by atoms with van der Waals surface area (Å²) in [5.74, 6) is 0.0532. The molecule has 1 atom stereocenters. The molecule has 2 aliphatic rings. The molecule has 2 fully saturated rings. The van der Waals surface area contributed by atoms with Gasteiger partial charge in [-0.25, -0.2) is 0 Å². The van der Waals surface area contributed by atoms with Crippen LogP contribution in [0.15, 0.2) is 12.3 Å². The number of carbonyl (C=O) groups excluding carboxylic acids is 2. The normalized spacial score (nSPS) is 22.5. The maximum atomic E-state index is 12.4. The van der Waals surface area contributed by atoms with Crippen molar-refractivity contribution in [2.45, 2.75) is 32.3 Å². The van der Waals surface area contributed by atoms with E-state index < -0.39 is 0 Å². The van der Waals surface area contributed by atoms with E-state index >= 15 is 0 Å². The van der Waals surface area contributed by atoms with Gasteiger partial charge in [-0.1, -0.05) is 6.92 Å². The highest BCUT2D eigenvalue weighted by Crippen LogP contribution is 2.14. The molecule has 0 saturated carbocycles. The predicted octanol–water partition coefficient (Wildman–Crippen LogP) is 1.54. The molecule has 1 N–H and O–H groups in total. The molecule has 0 aliphatic carbocycles. The lowest BCUT2D eigenvalue weighted by molar-refractivity contribution is -0.0271. The van der Waals surface area contributed by atoms with Crippen LogP contribution in [0, 0.1) is 0 Å². The van der Waals surface area contributed by atoms with E-state index in [9.17, 15) is 9.59 Å². The zero-order chi connectivity index (χ0) is 16.2. The molecule has 3 rings (SSSR count). The smallest absolute Gasteiger partial charge is 0.270 e. The Bertz CT molecular complexity index is 563. The van der Waals surface area contributed by atoms with Crippen LogP contribution >= 0.6 is 0 Å². The van der Waals surface area contributed by atoms with Gasteiger partial charge in [0.25, 0.3) is 5.91 Å². The SMILES string of the molecule is CCC1CN(CC(=O)c2c[nH]c(C(=O)N3CCCC3)c2)CCO1. The lowest BCUT2D eigenvalue weighted by atomic mass is 10.1. The molecule has 126 valence electrons. The Morgan fingerprint density at radius 2 is 2.09 bits per heavy atom. The van der Waals surface area contributed by atoms with Gasteiger partial charge < -0.3 is 14.6 Å². The number of rotatable bonds is 5. The Labute approximate surface area is 136 Å². The first-order chi connectivity index (χ1) is 11.2. The zero-order valence-corrected chi connectivity index (χ0v) is 13.7. The summed E-state index contributed by atoms with van der Waals surface area (Å²) in [6.45, 7) is 6.37. The van der Waals surface area contributed by atoms with Gasteiger partial charge >= 0.3 is 0 Å². The van der Waals surface area contributed by atoms with Crippen molar-refractivity contribution in [3.8, 4) is 0 Å². The second-order valence-corrected chi connectivity index (χ2v) is 6.36. The average molecular weight is 319 g/mol. The van der Waals surface area contributed by atoms with Gasteiger partial charge in [-0.15, -0.1) is 0 Å². The molecule has 2 saturated heterocycles. The number of hydrogen-bond acceptors (Lipinski definition) is 4. The molecule has 0 spiro atoms. The van der Waals surface area contributed by atoms with Crippen LogP contribution in [0.2, 0.25) is 0 Å². The molecule has 6 heteroatoms. The molecule has 2 aliphatic heterocycles. The molecule has 0 bridgehead atoms. The van der Waals surface area contributed by atoms with E-state index in [2.05, 4.69) is 16.8 Å². The molecular formula is C17H25N3O3. The summed E-state index contributed by atoms with van der Waals surface area (Å²) in [6.07, 6.45) is 4.96. The number of ether oxygens (including phenoxy) is 1. The Morgan fingerprint density at radius 1 is 1.30 bits per heavy atom. The number of likely N-dealkylation sites (tertiary alicyclic amines) is 1. The standard InChI is InChI=1S/C17H25N3O3/c1-2-14-11-19(7-8-23-14)12-16(21)13-9-15(18-10-13)17(22)20-5-3-4-6-20/h9-10,14,18H,2-8,11-12H2,1H3. The van der Waals surface area contributed by atoms with Gasteiger partial charge in [0, 0.05) is 37.9 Å². The van der Waals surface area contributed by atoms with Gasteiger partial charge in [0.1, 0.15) is 5.69 Å². The fourth-order valence-electron chi connectivity index (χ4n) is 3.23. The van der Waals surface area contributed by atoms with Gasteiger partial charge in [0.2, 0.25) is 0 Å². The van der Waals surface area contributed by atoms with Crippen LogP contribution in [0.3, 0.4) is 0 Å². The third-order valence-electron chi connectivity index (χ3n) is 4.67. The predicted molar refractivity (Wildman–Crippen MR) is 86.7 cm³/mol. The number of H-pyrrole nitrogens is 1. The second-order valence-electron chi connectivity index (χ2n) is 6.36. The fourth-order valence-corrected chi connectivity index (χ4v) is 3.23. The third-order valence-corrected chi connectivity index (χ3v) is 4.67. The Morgan fingerprint density at radius 3 is 2.83 bits per heavy atom. The molecule has 0 radical (unpaired) electrons. The van der Waals surface area contributed by atoms with Crippen molar-refractivity contribution in [1.29, 1.82) is 0 Å². The quantitative estimate of drug-likeness (QED) is 0.836. The highest BCUT2D eigenvalue weighted by molar-refractivity contribution is 6.01. The minimum Gasteiger partial charge on any atom is -0.376 e. The minimum absolute atomic E-state index is 0.000954. The summed E-state index contributed by atoms with van der Waals surface area (Å²) in [4.78, 5) is 31.7. The van der Waals surface area contributed by atoms with E-state index in [1.807, 2.05) is 4.90 Å². The lowest BCUT2D eigenvalue weighted by Crippen LogP contribution is -2.44. The average Bonchev–Trinajstić information content (AvgIpc) is 3.26. The van der Waals surface area contributed by atoms with Crippen molar-refractivity contribution in [1.82, 2.24) is 14.8 Å². The number of hydrogen-bond donors (Lipinski definition) is 1. The number of ketones is 1. The number of Topliss-reactive ketones (excluding diaryl/α,β-unsaturated/α-hetero) is 1. The van der Waals surface area contributed by atoms with Gasteiger partial charge in [-0.05, 0) is 25.3 Å². The van der Waals surface area contributed by atoms with Crippen LogP contribution < -0.4 is 0 Å². The Hall–Kier alpha value is -1.66. The summed E-state index contributed by atoms with van der Waals surface area (Å²) < 4.78 is 5.63. The summed E-state index contributed by atoms with van der Waals surface area (Å²) in [6, 6.07) is 1.70. The number of morpholine rings is 1. The van der Waals surface area contributed by atoms with E-state index in [1.165, 1.54) is 0 Å². The number of amides is 1. The molecule has 3 heterocycles. The van der Waals surface area contributed by atoms with E-state index in [0.29, 0.717) is 24.4 Å². The second kappa shape index (κ2) is 7.27. The van der Waals surface area contributed by atoms with E-state index in [4.69, 9.17) is 4.74 Å². The van der Waals surface area contributed by atoms with Crippen LogP contribution in [0.4, 0.5) is 0 Å². The van der Waals surface area contributed by atoms with Crippen molar-refractivity contribution in [2.75, 3.05) is 39.3 Å². The molecule has 1 amide bonds. The molecule has 1 aromatic rings. The van der Waals surface area contributed by atoms with E-state index in [-0.39, 0.29) is 17.8 Å². The number of aromatic amines is 1. The van der Waals surface area contributed by atoms with Crippen molar-refractivity contribution >= 4 is 11.7 Å². The Kier molecular flexibility index (Phi) is 5.13. The van der Waals surface area contributed by atoms with Gasteiger partial charge in [0.05, 0.1) is 19.3 Å². The third kappa shape index (κ3) is 3.82. The first kappa shape index (κ1) is 16.2. The summed E-state index contributed by atoms with van der Waals surface area (Å²) in [5, 5.41) is 0. The molecule has 6 nitrogen and oxygen atoms in total. The summed E-state index contributed by atoms with van der Waals surface area (Å²) in [5.41, 5.74) is 1.11. The largest absolute Gasteiger partial charge is 0.376 e. The first-order valence-electron chi connectivity index (χ1n) is 8.52. The topological polar surface area (TPSA) is 65.6 Å². The van der Waals surface area contributed by atoms with Gasteiger partial charge in [-0.3, -0.25) is 14.5 Å². The first-order valence-corrected chi connectivity index (χ1v) is 8.52.